The lowest BCUT2D eigenvalue weighted by molar-refractivity contribution is -0.141. The zero-order valence-corrected chi connectivity index (χ0v) is 12.8. The largest absolute Gasteiger partial charge is 0.481 e. The molecule has 0 spiro atoms. The van der Waals surface area contributed by atoms with Gasteiger partial charge in [-0.15, -0.1) is 11.8 Å². The van der Waals surface area contributed by atoms with Gasteiger partial charge >= 0.3 is 5.97 Å². The normalized spacial score (nSPS) is 21.1. The Labute approximate surface area is 129 Å². The van der Waals surface area contributed by atoms with Gasteiger partial charge in [-0.1, -0.05) is 18.2 Å². The highest BCUT2D eigenvalue weighted by Gasteiger charge is 2.30. The molecule has 2 rings (SSSR count). The van der Waals surface area contributed by atoms with Gasteiger partial charge in [0.1, 0.15) is 0 Å². The number of aliphatic carboxylic acids is 1. The predicted octanol–water partition coefficient (Wildman–Crippen LogP) is 2.93. The molecule has 21 heavy (non-hydrogen) atoms. The van der Waals surface area contributed by atoms with Gasteiger partial charge in [-0.2, -0.15) is 0 Å². The van der Waals surface area contributed by atoms with E-state index in [-0.39, 0.29) is 17.9 Å². The van der Waals surface area contributed by atoms with E-state index >= 15 is 0 Å². The molecule has 0 aliphatic heterocycles. The molecule has 0 saturated heterocycles. The number of amides is 1. The van der Waals surface area contributed by atoms with Crippen molar-refractivity contribution in [3.8, 4) is 0 Å². The summed E-state index contributed by atoms with van der Waals surface area (Å²) in [5, 5.41) is 11.9. The highest BCUT2D eigenvalue weighted by molar-refractivity contribution is 7.99. The fourth-order valence-corrected chi connectivity index (χ4v) is 3.45. The number of hydrogen-bond donors (Lipinski definition) is 2. The molecule has 2 N–H and O–H groups in total. The van der Waals surface area contributed by atoms with Gasteiger partial charge in [0.15, 0.2) is 0 Å². The second-order valence-electron chi connectivity index (χ2n) is 5.38. The summed E-state index contributed by atoms with van der Waals surface area (Å²) in [7, 11) is 0. The Bertz CT molecular complexity index is 478. The van der Waals surface area contributed by atoms with Crippen LogP contribution in [0, 0.1) is 5.92 Å². The molecule has 2 atom stereocenters. The van der Waals surface area contributed by atoms with E-state index in [4.69, 9.17) is 5.11 Å². The molecule has 0 radical (unpaired) electrons. The van der Waals surface area contributed by atoms with Crippen LogP contribution in [0.3, 0.4) is 0 Å². The topological polar surface area (TPSA) is 66.4 Å². The summed E-state index contributed by atoms with van der Waals surface area (Å²) in [6.07, 6.45) is 3.36. The molecule has 1 fully saturated rings. The number of hydrogen-bond acceptors (Lipinski definition) is 3. The van der Waals surface area contributed by atoms with Crippen LogP contribution in [0.5, 0.6) is 0 Å². The van der Waals surface area contributed by atoms with Gasteiger partial charge in [0, 0.05) is 17.4 Å². The molecule has 1 aromatic carbocycles. The lowest BCUT2D eigenvalue weighted by Gasteiger charge is -2.12. The summed E-state index contributed by atoms with van der Waals surface area (Å²) < 4.78 is 0. The zero-order chi connectivity index (χ0) is 15.1. The third-order valence-corrected chi connectivity index (χ3v) is 4.81. The van der Waals surface area contributed by atoms with Crippen molar-refractivity contribution >= 4 is 23.6 Å². The summed E-state index contributed by atoms with van der Waals surface area (Å²) >= 11 is 1.75. The minimum Gasteiger partial charge on any atom is -0.481 e. The molecule has 1 aliphatic rings. The number of rotatable bonds is 7. The number of benzene rings is 1. The Kier molecular flexibility index (Phi) is 6.11. The molecule has 1 aromatic rings. The average molecular weight is 307 g/mol. The molecule has 0 unspecified atom stereocenters. The Morgan fingerprint density at radius 3 is 2.67 bits per heavy atom. The molecule has 0 heterocycles. The monoisotopic (exact) mass is 307 g/mol. The van der Waals surface area contributed by atoms with Gasteiger partial charge < -0.3 is 10.4 Å². The average Bonchev–Trinajstić information content (AvgIpc) is 2.93. The molecular formula is C16H21NO3S. The van der Waals surface area contributed by atoms with Crippen LogP contribution in [0.15, 0.2) is 35.2 Å². The van der Waals surface area contributed by atoms with Crippen molar-refractivity contribution in [3.63, 3.8) is 0 Å². The summed E-state index contributed by atoms with van der Waals surface area (Å²) in [6, 6.07) is 10.2. The number of carboxylic acid groups (broad SMARTS) is 1. The van der Waals surface area contributed by atoms with Crippen molar-refractivity contribution in [2.75, 3.05) is 5.75 Å². The Balaban J connectivity index is 1.59. The number of carbonyl (C=O) groups is 2. The van der Waals surface area contributed by atoms with E-state index in [1.807, 2.05) is 18.2 Å². The van der Waals surface area contributed by atoms with Gasteiger partial charge in [0.2, 0.25) is 5.91 Å². The zero-order valence-electron chi connectivity index (χ0n) is 12.0. The lowest BCUT2D eigenvalue weighted by Crippen LogP contribution is -2.33. The first-order valence-corrected chi connectivity index (χ1v) is 8.33. The molecule has 5 heteroatoms. The second kappa shape index (κ2) is 8.08. The summed E-state index contributed by atoms with van der Waals surface area (Å²) in [4.78, 5) is 23.9. The first kappa shape index (κ1) is 15.9. The Morgan fingerprint density at radius 2 is 2.00 bits per heavy atom. The third kappa shape index (κ3) is 5.42. The van der Waals surface area contributed by atoms with Crippen molar-refractivity contribution in [1.29, 1.82) is 0 Å². The van der Waals surface area contributed by atoms with Gasteiger partial charge in [-0.05, 0) is 43.6 Å². The number of carbonyl (C=O) groups excluding carboxylic acids is 1. The SMILES string of the molecule is O=C(CCCSc1ccccc1)N[C@H]1CC[C@@H](C(=O)O)C1. The molecule has 1 amide bonds. The van der Waals surface area contributed by atoms with Crippen molar-refractivity contribution in [3.05, 3.63) is 30.3 Å². The lowest BCUT2D eigenvalue weighted by atomic mass is 10.1. The molecule has 4 nitrogen and oxygen atoms in total. The van der Waals surface area contributed by atoms with Crippen molar-refractivity contribution in [2.24, 2.45) is 5.92 Å². The Hall–Kier alpha value is -1.49. The van der Waals surface area contributed by atoms with E-state index in [2.05, 4.69) is 17.4 Å². The maximum atomic E-state index is 11.8. The van der Waals surface area contributed by atoms with Crippen LogP contribution in [-0.4, -0.2) is 28.8 Å². The number of nitrogens with one attached hydrogen (secondary N) is 1. The van der Waals surface area contributed by atoms with E-state index in [0.717, 1.165) is 18.6 Å². The maximum absolute atomic E-state index is 11.8. The summed E-state index contributed by atoms with van der Waals surface area (Å²) in [6.45, 7) is 0. The van der Waals surface area contributed by atoms with Crippen molar-refractivity contribution in [2.45, 2.75) is 43.0 Å². The van der Waals surface area contributed by atoms with Crippen molar-refractivity contribution < 1.29 is 14.7 Å². The first-order valence-electron chi connectivity index (χ1n) is 7.35. The predicted molar refractivity (Wildman–Crippen MR) is 83.3 cm³/mol. The fraction of sp³-hybridized carbons (Fsp3) is 0.500. The van der Waals surface area contributed by atoms with E-state index < -0.39 is 5.97 Å². The number of carboxylic acids is 1. The molecule has 0 bridgehead atoms. The summed E-state index contributed by atoms with van der Waals surface area (Å²) in [5.41, 5.74) is 0. The van der Waals surface area contributed by atoms with Gasteiger partial charge in [0.05, 0.1) is 5.92 Å². The van der Waals surface area contributed by atoms with Crippen LogP contribution >= 0.6 is 11.8 Å². The minimum absolute atomic E-state index is 0.0414. The van der Waals surface area contributed by atoms with E-state index in [0.29, 0.717) is 19.3 Å². The third-order valence-electron chi connectivity index (χ3n) is 3.71. The highest BCUT2D eigenvalue weighted by atomic mass is 32.2. The quantitative estimate of drug-likeness (QED) is 0.600. The molecular weight excluding hydrogens is 286 g/mol. The van der Waals surface area contributed by atoms with Gasteiger partial charge in [-0.25, -0.2) is 0 Å². The van der Waals surface area contributed by atoms with Crippen LogP contribution in [-0.2, 0) is 9.59 Å². The Morgan fingerprint density at radius 1 is 1.24 bits per heavy atom. The van der Waals surface area contributed by atoms with Crippen LogP contribution < -0.4 is 5.32 Å². The van der Waals surface area contributed by atoms with E-state index in [1.54, 1.807) is 11.8 Å². The first-order chi connectivity index (χ1) is 10.1. The molecule has 114 valence electrons. The van der Waals surface area contributed by atoms with Crippen molar-refractivity contribution in [1.82, 2.24) is 5.32 Å². The van der Waals surface area contributed by atoms with Crippen LogP contribution in [0.1, 0.15) is 32.1 Å². The van der Waals surface area contributed by atoms with E-state index in [9.17, 15) is 9.59 Å². The molecule has 1 saturated carbocycles. The standard InChI is InChI=1S/C16H21NO3S/c18-15(17-13-9-8-12(11-13)16(19)20)7-4-10-21-14-5-2-1-3-6-14/h1-3,5-6,12-13H,4,7-11H2,(H,17,18)(H,19,20)/t12-,13+/m1/s1. The maximum Gasteiger partial charge on any atom is 0.306 e. The van der Waals surface area contributed by atoms with Gasteiger partial charge in [-0.3, -0.25) is 9.59 Å². The number of thioether (sulfide) groups is 1. The second-order valence-corrected chi connectivity index (χ2v) is 6.55. The highest BCUT2D eigenvalue weighted by Crippen LogP contribution is 2.25. The molecule has 0 aromatic heterocycles. The van der Waals surface area contributed by atoms with E-state index in [1.165, 1.54) is 4.90 Å². The van der Waals surface area contributed by atoms with Crippen LogP contribution in [0.4, 0.5) is 0 Å². The molecule has 1 aliphatic carbocycles. The van der Waals surface area contributed by atoms with Crippen LogP contribution in [0.2, 0.25) is 0 Å². The summed E-state index contributed by atoms with van der Waals surface area (Å²) in [5.74, 6) is -0.0745. The fourth-order valence-electron chi connectivity index (χ4n) is 2.58. The van der Waals surface area contributed by atoms with Gasteiger partial charge in [0.25, 0.3) is 0 Å². The minimum atomic E-state index is -0.744. The van der Waals surface area contributed by atoms with Crippen LogP contribution in [0.25, 0.3) is 0 Å². The smallest absolute Gasteiger partial charge is 0.306 e.